The zero-order chi connectivity index (χ0) is 31.6. The molecule has 0 radical (unpaired) electrons. The molecule has 1 aromatic carbocycles. The van der Waals surface area contributed by atoms with Gasteiger partial charge in [-0.2, -0.15) is 5.48 Å². The van der Waals surface area contributed by atoms with E-state index in [0.717, 1.165) is 29.8 Å². The molecule has 42 heavy (non-hydrogen) atoms. The quantitative estimate of drug-likeness (QED) is 0.119. The summed E-state index contributed by atoms with van der Waals surface area (Å²) in [5.74, 6) is -0.557. The maximum Gasteiger partial charge on any atom is 0.524 e. The first-order valence-electron chi connectivity index (χ1n) is 14.3. The summed E-state index contributed by atoms with van der Waals surface area (Å²) in [6.45, 7) is 11.7. The van der Waals surface area contributed by atoms with Gasteiger partial charge in [-0.3, -0.25) is 19.4 Å². The van der Waals surface area contributed by atoms with Crippen molar-refractivity contribution >= 4 is 31.0 Å². The summed E-state index contributed by atoms with van der Waals surface area (Å²) < 4.78 is 15.9. The highest BCUT2D eigenvalue weighted by Gasteiger charge is 2.27. The van der Waals surface area contributed by atoms with E-state index >= 15 is 0 Å². The van der Waals surface area contributed by atoms with Crippen LogP contribution in [0.3, 0.4) is 0 Å². The average molecular weight is 628 g/mol. The highest BCUT2D eigenvalue weighted by molar-refractivity contribution is 7.46. The van der Waals surface area contributed by atoms with Gasteiger partial charge in [0.15, 0.2) is 0 Å². The van der Waals surface area contributed by atoms with Crippen LogP contribution >= 0.6 is 19.2 Å². The summed E-state index contributed by atoms with van der Waals surface area (Å²) in [5.41, 5.74) is 4.33. The summed E-state index contributed by atoms with van der Waals surface area (Å²) in [4.78, 5) is 54.8. The minimum atomic E-state index is -4.69. The number of unbranched alkanes of at least 4 members (excludes halogenated alkanes) is 1. The Morgan fingerprint density at radius 2 is 1.86 bits per heavy atom. The van der Waals surface area contributed by atoms with Crippen LogP contribution in [-0.4, -0.2) is 55.8 Å². The summed E-state index contributed by atoms with van der Waals surface area (Å²) in [6.07, 6.45) is 3.86. The highest BCUT2D eigenvalue weighted by atomic mass is 32.1. The number of aliphatic carboxylic acids is 1. The Morgan fingerprint density at radius 1 is 1.17 bits per heavy atom. The van der Waals surface area contributed by atoms with Gasteiger partial charge in [0.1, 0.15) is 5.75 Å². The van der Waals surface area contributed by atoms with Crippen LogP contribution in [0.4, 0.5) is 0 Å². The second kappa shape index (κ2) is 16.4. The summed E-state index contributed by atoms with van der Waals surface area (Å²) >= 11 is 1.48. The van der Waals surface area contributed by atoms with Crippen molar-refractivity contribution in [3.63, 3.8) is 0 Å². The number of rotatable bonds is 18. The first kappa shape index (κ1) is 35.7. The lowest BCUT2D eigenvalue weighted by atomic mass is 9.92. The van der Waals surface area contributed by atoms with E-state index in [-0.39, 0.29) is 36.1 Å². The van der Waals surface area contributed by atoms with Crippen molar-refractivity contribution < 1.29 is 38.4 Å². The second-order valence-corrected chi connectivity index (χ2v) is 13.4. The van der Waals surface area contributed by atoms with Crippen molar-refractivity contribution in [3.05, 3.63) is 39.7 Å². The van der Waals surface area contributed by atoms with E-state index in [0.29, 0.717) is 30.2 Å². The smallest absolute Gasteiger partial charge is 0.481 e. The van der Waals surface area contributed by atoms with Gasteiger partial charge >= 0.3 is 13.8 Å². The maximum atomic E-state index is 12.7. The number of benzene rings is 1. The van der Waals surface area contributed by atoms with Gasteiger partial charge in [-0.05, 0) is 55.7 Å². The standard InChI is InChI=1S/C29H46N3O8PS/c1-8-9-10-27(33)32(7)24(18(2)3)15-20(5)28-30-26(17-42-28)39-31-23(14-21(6)29(34)35)16-22-11-12-25(19(4)13-22)40-41(36,37)38/h11-13,17-18,20-21,23-24,31H,8-10,14-16H2,1-7H3,(H,34,35)(H2,36,37,38)/t20-,21?,23-,24-/m1/s1. The second-order valence-electron chi connectivity index (χ2n) is 11.4. The summed E-state index contributed by atoms with van der Waals surface area (Å²) in [5, 5.41) is 12.2. The van der Waals surface area contributed by atoms with E-state index < -0.39 is 19.7 Å². The zero-order valence-electron chi connectivity index (χ0n) is 25.6. The van der Waals surface area contributed by atoms with Gasteiger partial charge in [0.25, 0.3) is 0 Å². The fourth-order valence-corrected chi connectivity index (χ4v) is 6.03. The number of hydrogen-bond donors (Lipinski definition) is 4. The molecule has 0 aliphatic rings. The number of phosphoric acid groups is 1. The number of hydroxylamine groups is 1. The minimum Gasteiger partial charge on any atom is -0.481 e. The number of carboxylic acids is 1. The van der Waals surface area contributed by atoms with Crippen molar-refractivity contribution in [2.75, 3.05) is 7.05 Å². The number of carbonyl (C=O) groups excluding carboxylic acids is 1. The normalized spacial score (nSPS) is 14.7. The van der Waals surface area contributed by atoms with E-state index in [9.17, 15) is 19.3 Å². The van der Waals surface area contributed by atoms with Gasteiger partial charge in [-0.15, -0.1) is 11.3 Å². The molecule has 236 valence electrons. The molecule has 2 aromatic rings. The van der Waals surface area contributed by atoms with Crippen LogP contribution in [0, 0.1) is 18.8 Å². The Morgan fingerprint density at radius 3 is 2.43 bits per heavy atom. The minimum absolute atomic E-state index is 0.0760. The molecule has 4 atom stereocenters. The number of aromatic nitrogens is 1. The summed E-state index contributed by atoms with van der Waals surface area (Å²) in [6, 6.07) is 4.59. The zero-order valence-corrected chi connectivity index (χ0v) is 27.3. The van der Waals surface area contributed by atoms with Crippen LogP contribution in [0.1, 0.15) is 88.8 Å². The van der Waals surface area contributed by atoms with Crippen molar-refractivity contribution in [2.24, 2.45) is 11.8 Å². The predicted molar refractivity (Wildman–Crippen MR) is 163 cm³/mol. The van der Waals surface area contributed by atoms with Crippen LogP contribution in [0.2, 0.25) is 0 Å². The number of nitrogens with zero attached hydrogens (tertiary/aromatic N) is 2. The molecular formula is C29H46N3O8PS. The molecule has 1 heterocycles. The molecule has 0 bridgehead atoms. The van der Waals surface area contributed by atoms with Gasteiger partial charge in [0.2, 0.25) is 11.8 Å². The first-order valence-corrected chi connectivity index (χ1v) is 16.7. The average Bonchev–Trinajstić information content (AvgIpc) is 3.38. The topological polar surface area (TPSA) is 159 Å². The van der Waals surface area contributed by atoms with E-state index in [2.05, 4.69) is 38.2 Å². The Kier molecular flexibility index (Phi) is 13.9. The number of carboxylic acid groups (broad SMARTS) is 1. The molecule has 1 aromatic heterocycles. The van der Waals surface area contributed by atoms with E-state index in [4.69, 9.17) is 19.1 Å². The lowest BCUT2D eigenvalue weighted by Crippen LogP contribution is -2.41. The van der Waals surface area contributed by atoms with Crippen LogP contribution in [0.5, 0.6) is 11.6 Å². The molecular weight excluding hydrogens is 581 g/mol. The Labute approximate surface area is 252 Å². The van der Waals surface area contributed by atoms with E-state index in [1.165, 1.54) is 17.4 Å². The lowest BCUT2D eigenvalue weighted by molar-refractivity contribution is -0.141. The van der Waals surface area contributed by atoms with Crippen LogP contribution in [-0.2, 0) is 20.6 Å². The lowest BCUT2D eigenvalue weighted by Gasteiger charge is -2.33. The molecule has 1 amide bonds. The van der Waals surface area contributed by atoms with Gasteiger partial charge in [0.05, 0.1) is 16.3 Å². The molecule has 0 aliphatic carbocycles. The van der Waals surface area contributed by atoms with Crippen molar-refractivity contribution in [1.29, 1.82) is 0 Å². The molecule has 2 rings (SSSR count). The largest absolute Gasteiger partial charge is 0.524 e. The third kappa shape index (κ3) is 11.6. The number of carbonyl (C=O) groups is 2. The monoisotopic (exact) mass is 627 g/mol. The molecule has 0 aliphatic heterocycles. The van der Waals surface area contributed by atoms with Gasteiger partial charge < -0.3 is 19.4 Å². The van der Waals surface area contributed by atoms with Crippen LogP contribution < -0.4 is 14.8 Å². The first-order chi connectivity index (χ1) is 19.6. The fraction of sp³-hybridized carbons (Fsp3) is 0.621. The number of amides is 1. The Hall–Kier alpha value is -2.50. The van der Waals surface area contributed by atoms with Gasteiger partial charge in [-0.1, -0.05) is 53.2 Å². The number of aryl methyl sites for hydroxylation is 1. The van der Waals surface area contributed by atoms with Crippen molar-refractivity contribution in [2.45, 2.75) is 98.1 Å². The Balaban J connectivity index is 2.09. The fourth-order valence-electron chi connectivity index (χ4n) is 4.77. The third-order valence-electron chi connectivity index (χ3n) is 7.25. The molecule has 13 heteroatoms. The van der Waals surface area contributed by atoms with E-state index in [1.54, 1.807) is 31.4 Å². The number of nitrogens with one attached hydrogen (secondary N) is 1. The molecule has 0 fully saturated rings. The van der Waals surface area contributed by atoms with Crippen LogP contribution in [0.15, 0.2) is 23.6 Å². The SMILES string of the molecule is CCCCC(=O)N(C)[C@H](C[C@@H](C)c1nc(ON[C@@H](Cc2ccc(OP(=O)(O)O)c(C)c2)CC(C)C(=O)O)cs1)C(C)C. The number of thiazole rings is 1. The third-order valence-corrected chi connectivity index (χ3v) is 8.74. The predicted octanol–water partition coefficient (Wildman–Crippen LogP) is 5.70. The summed E-state index contributed by atoms with van der Waals surface area (Å²) in [7, 11) is -2.80. The molecule has 0 saturated heterocycles. The van der Waals surface area contributed by atoms with Crippen molar-refractivity contribution in [3.8, 4) is 11.6 Å². The van der Waals surface area contributed by atoms with Gasteiger partial charge in [0, 0.05) is 31.5 Å². The number of hydrogen-bond acceptors (Lipinski definition) is 8. The molecule has 4 N–H and O–H groups in total. The molecule has 11 nitrogen and oxygen atoms in total. The van der Waals surface area contributed by atoms with E-state index in [1.807, 2.05) is 11.9 Å². The molecule has 0 spiro atoms. The molecule has 1 unspecified atom stereocenters. The molecule has 0 saturated carbocycles. The van der Waals surface area contributed by atoms with Gasteiger partial charge in [-0.25, -0.2) is 9.55 Å². The van der Waals surface area contributed by atoms with Crippen LogP contribution in [0.25, 0.3) is 0 Å². The maximum absolute atomic E-state index is 12.7. The number of phosphoric ester groups is 1. The van der Waals surface area contributed by atoms with Crippen molar-refractivity contribution in [1.82, 2.24) is 15.4 Å². The Bertz CT molecular complexity index is 1220. The highest BCUT2D eigenvalue weighted by Crippen LogP contribution is 2.39.